The molecule has 0 radical (unpaired) electrons. The fourth-order valence-electron chi connectivity index (χ4n) is 1.55. The van der Waals surface area contributed by atoms with Crippen LogP contribution in [0, 0.1) is 23.3 Å². The Hall–Kier alpha value is -1.55. The van der Waals surface area contributed by atoms with E-state index in [4.69, 9.17) is 11.6 Å². The SMILES string of the molecule is Fc1ccc(C(Cl)c2cc(F)c(F)c(F)c2)cc1. The van der Waals surface area contributed by atoms with E-state index in [2.05, 4.69) is 0 Å². The van der Waals surface area contributed by atoms with Gasteiger partial charge in [-0.25, -0.2) is 17.6 Å². The fourth-order valence-corrected chi connectivity index (χ4v) is 1.82. The van der Waals surface area contributed by atoms with Crippen molar-refractivity contribution < 1.29 is 17.6 Å². The quantitative estimate of drug-likeness (QED) is 0.427. The van der Waals surface area contributed by atoms with E-state index in [0.29, 0.717) is 5.56 Å². The first-order valence-electron chi connectivity index (χ1n) is 5.03. The molecule has 0 saturated carbocycles. The molecular weight excluding hydrogens is 268 g/mol. The van der Waals surface area contributed by atoms with E-state index in [0.717, 1.165) is 12.1 Å². The van der Waals surface area contributed by atoms with Gasteiger partial charge in [0, 0.05) is 0 Å². The maximum absolute atomic E-state index is 13.0. The topological polar surface area (TPSA) is 0 Å². The summed E-state index contributed by atoms with van der Waals surface area (Å²) in [4.78, 5) is 0. The van der Waals surface area contributed by atoms with Crippen LogP contribution in [0.3, 0.4) is 0 Å². The Labute approximate surface area is 106 Å². The molecule has 0 saturated heterocycles. The lowest BCUT2D eigenvalue weighted by Crippen LogP contribution is -1.99. The molecule has 2 aromatic carbocycles. The van der Waals surface area contributed by atoms with Crippen molar-refractivity contribution in [2.75, 3.05) is 0 Å². The Morgan fingerprint density at radius 3 is 1.78 bits per heavy atom. The zero-order chi connectivity index (χ0) is 13.3. The van der Waals surface area contributed by atoms with Gasteiger partial charge in [0.05, 0.1) is 5.38 Å². The van der Waals surface area contributed by atoms with Gasteiger partial charge >= 0.3 is 0 Å². The lowest BCUT2D eigenvalue weighted by atomic mass is 10.0. The third kappa shape index (κ3) is 2.48. The molecule has 0 fully saturated rings. The fraction of sp³-hybridized carbons (Fsp3) is 0.0769. The standard InChI is InChI=1S/C13H7ClF4/c14-12(7-1-3-9(15)4-2-7)8-5-10(16)13(18)11(17)6-8/h1-6,12H. The lowest BCUT2D eigenvalue weighted by molar-refractivity contribution is 0.445. The van der Waals surface area contributed by atoms with E-state index < -0.39 is 28.6 Å². The first-order chi connectivity index (χ1) is 8.49. The highest BCUT2D eigenvalue weighted by molar-refractivity contribution is 6.22. The molecule has 1 atom stereocenters. The summed E-state index contributed by atoms with van der Waals surface area (Å²) in [5, 5.41) is -0.879. The molecule has 1 unspecified atom stereocenters. The van der Waals surface area contributed by atoms with Crippen molar-refractivity contribution in [2.45, 2.75) is 5.38 Å². The summed E-state index contributed by atoms with van der Waals surface area (Å²) in [5.74, 6) is -4.60. The third-order valence-corrected chi connectivity index (χ3v) is 2.97. The Kier molecular flexibility index (Phi) is 3.57. The number of benzene rings is 2. The van der Waals surface area contributed by atoms with Crippen molar-refractivity contribution in [1.29, 1.82) is 0 Å². The second kappa shape index (κ2) is 4.98. The van der Waals surface area contributed by atoms with Crippen LogP contribution in [0.15, 0.2) is 36.4 Å². The van der Waals surface area contributed by atoms with Gasteiger partial charge in [-0.3, -0.25) is 0 Å². The molecule has 0 aliphatic rings. The minimum atomic E-state index is -1.54. The molecule has 0 N–H and O–H groups in total. The lowest BCUT2D eigenvalue weighted by Gasteiger charge is -2.11. The van der Waals surface area contributed by atoms with Gasteiger partial charge in [0.25, 0.3) is 0 Å². The van der Waals surface area contributed by atoms with E-state index in [1.807, 2.05) is 0 Å². The first-order valence-corrected chi connectivity index (χ1v) is 5.46. The molecule has 0 bridgehead atoms. The molecule has 2 aromatic rings. The van der Waals surface area contributed by atoms with Crippen LogP contribution in [0.25, 0.3) is 0 Å². The Morgan fingerprint density at radius 2 is 1.28 bits per heavy atom. The molecule has 0 amide bonds. The average molecular weight is 275 g/mol. The van der Waals surface area contributed by atoms with Gasteiger partial charge in [-0.05, 0) is 35.4 Å². The summed E-state index contributed by atoms with van der Waals surface area (Å²) in [6.07, 6.45) is 0. The van der Waals surface area contributed by atoms with E-state index in [-0.39, 0.29) is 5.56 Å². The molecular formula is C13H7ClF4. The van der Waals surface area contributed by atoms with Gasteiger partial charge in [0.15, 0.2) is 17.5 Å². The van der Waals surface area contributed by atoms with Crippen LogP contribution in [0.2, 0.25) is 0 Å². The van der Waals surface area contributed by atoms with Crippen LogP contribution in [-0.2, 0) is 0 Å². The monoisotopic (exact) mass is 274 g/mol. The summed E-state index contributed by atoms with van der Waals surface area (Å²) in [7, 11) is 0. The molecule has 5 heteroatoms. The van der Waals surface area contributed by atoms with Crippen LogP contribution in [0.4, 0.5) is 17.6 Å². The Morgan fingerprint density at radius 1 is 0.778 bits per heavy atom. The Bertz CT molecular complexity index is 543. The zero-order valence-corrected chi connectivity index (χ0v) is 9.69. The number of hydrogen-bond donors (Lipinski definition) is 0. The smallest absolute Gasteiger partial charge is 0.194 e. The van der Waals surface area contributed by atoms with Crippen molar-refractivity contribution in [2.24, 2.45) is 0 Å². The number of halogens is 5. The first kappa shape index (κ1) is 12.9. The van der Waals surface area contributed by atoms with Crippen molar-refractivity contribution in [3.05, 3.63) is 70.8 Å². The van der Waals surface area contributed by atoms with Crippen molar-refractivity contribution in [1.82, 2.24) is 0 Å². The summed E-state index contributed by atoms with van der Waals surface area (Å²) in [5.41, 5.74) is 0.531. The molecule has 0 nitrogen and oxygen atoms in total. The van der Waals surface area contributed by atoms with Gasteiger partial charge in [-0.1, -0.05) is 12.1 Å². The van der Waals surface area contributed by atoms with Crippen molar-refractivity contribution >= 4 is 11.6 Å². The highest BCUT2D eigenvalue weighted by Gasteiger charge is 2.17. The number of alkyl halides is 1. The average Bonchev–Trinajstić information content (AvgIpc) is 2.35. The van der Waals surface area contributed by atoms with E-state index in [9.17, 15) is 17.6 Å². The van der Waals surface area contributed by atoms with Crippen molar-refractivity contribution in [3.63, 3.8) is 0 Å². The van der Waals surface area contributed by atoms with E-state index >= 15 is 0 Å². The minimum absolute atomic E-state index is 0.0691. The van der Waals surface area contributed by atoms with E-state index in [1.165, 1.54) is 24.3 Å². The molecule has 2 rings (SSSR count). The molecule has 0 aliphatic carbocycles. The van der Waals surface area contributed by atoms with Crippen LogP contribution in [0.1, 0.15) is 16.5 Å². The van der Waals surface area contributed by atoms with Gasteiger partial charge in [-0.2, -0.15) is 0 Å². The second-order valence-corrected chi connectivity index (χ2v) is 4.15. The predicted molar refractivity (Wildman–Crippen MR) is 60.4 cm³/mol. The van der Waals surface area contributed by atoms with Crippen molar-refractivity contribution in [3.8, 4) is 0 Å². The van der Waals surface area contributed by atoms with Gasteiger partial charge in [-0.15, -0.1) is 11.6 Å². The summed E-state index contributed by atoms with van der Waals surface area (Å²) >= 11 is 6.00. The molecule has 0 heterocycles. The zero-order valence-electron chi connectivity index (χ0n) is 8.93. The van der Waals surface area contributed by atoms with Crippen LogP contribution in [-0.4, -0.2) is 0 Å². The number of rotatable bonds is 2. The van der Waals surface area contributed by atoms with E-state index in [1.54, 1.807) is 0 Å². The van der Waals surface area contributed by atoms with Crippen LogP contribution < -0.4 is 0 Å². The van der Waals surface area contributed by atoms with Crippen LogP contribution >= 0.6 is 11.6 Å². The summed E-state index contributed by atoms with van der Waals surface area (Å²) < 4.78 is 51.6. The summed E-state index contributed by atoms with van der Waals surface area (Å²) in [6, 6.07) is 6.79. The second-order valence-electron chi connectivity index (χ2n) is 3.71. The number of hydrogen-bond acceptors (Lipinski definition) is 0. The maximum Gasteiger partial charge on any atom is 0.194 e. The normalized spacial score (nSPS) is 12.5. The highest BCUT2D eigenvalue weighted by Crippen LogP contribution is 2.30. The predicted octanol–water partition coefficient (Wildman–Crippen LogP) is 4.57. The highest BCUT2D eigenvalue weighted by atomic mass is 35.5. The maximum atomic E-state index is 13.0. The molecule has 0 aromatic heterocycles. The molecule has 18 heavy (non-hydrogen) atoms. The van der Waals surface area contributed by atoms with Crippen LogP contribution in [0.5, 0.6) is 0 Å². The van der Waals surface area contributed by atoms with Gasteiger partial charge in [0.1, 0.15) is 5.82 Å². The third-order valence-electron chi connectivity index (χ3n) is 2.46. The Balaban J connectivity index is 2.39. The molecule has 0 spiro atoms. The van der Waals surface area contributed by atoms with Gasteiger partial charge in [0.2, 0.25) is 0 Å². The van der Waals surface area contributed by atoms with Gasteiger partial charge < -0.3 is 0 Å². The largest absolute Gasteiger partial charge is 0.207 e. The summed E-state index contributed by atoms with van der Waals surface area (Å²) in [6.45, 7) is 0. The molecule has 0 aliphatic heterocycles. The minimum Gasteiger partial charge on any atom is -0.207 e. The molecule has 94 valence electrons.